The van der Waals surface area contributed by atoms with Crippen LogP contribution in [-0.2, 0) is 16.0 Å². The van der Waals surface area contributed by atoms with E-state index >= 15 is 0 Å². The molecular weight excluding hydrogens is 328 g/mol. The number of benzene rings is 1. The first-order chi connectivity index (χ1) is 12.3. The predicted molar refractivity (Wildman–Crippen MR) is 103 cm³/mol. The lowest BCUT2D eigenvalue weighted by Crippen LogP contribution is -2.52. The molecule has 0 bridgehead atoms. The molecule has 0 saturated carbocycles. The van der Waals surface area contributed by atoms with Gasteiger partial charge >= 0.3 is 0 Å². The molecule has 1 aromatic carbocycles. The molecule has 1 aromatic rings. The topological polar surface area (TPSA) is 49.9 Å². The van der Waals surface area contributed by atoms with Gasteiger partial charge in [-0.05, 0) is 29.5 Å². The average molecular weight is 360 g/mol. The Balaban J connectivity index is 1.75. The Morgan fingerprint density at radius 2 is 1.50 bits per heavy atom. The van der Waals surface area contributed by atoms with Gasteiger partial charge in [0.15, 0.2) is 6.61 Å². The third kappa shape index (κ3) is 6.36. The molecule has 0 aliphatic carbocycles. The fourth-order valence-corrected chi connectivity index (χ4v) is 3.05. The molecule has 1 heterocycles. The summed E-state index contributed by atoms with van der Waals surface area (Å²) in [6.07, 6.45) is 2.71. The molecule has 1 saturated heterocycles. The summed E-state index contributed by atoms with van der Waals surface area (Å²) in [6, 6.07) is 7.93. The van der Waals surface area contributed by atoms with Crippen molar-refractivity contribution in [3.63, 3.8) is 0 Å². The van der Waals surface area contributed by atoms with Gasteiger partial charge in [-0.3, -0.25) is 9.59 Å². The first-order valence-corrected chi connectivity index (χ1v) is 9.56. The number of piperazine rings is 1. The maximum Gasteiger partial charge on any atom is 0.260 e. The van der Waals surface area contributed by atoms with E-state index in [1.54, 1.807) is 4.90 Å². The monoisotopic (exact) mass is 360 g/mol. The number of carbonyl (C=O) groups is 2. The van der Waals surface area contributed by atoms with E-state index in [4.69, 9.17) is 4.74 Å². The average Bonchev–Trinajstić information content (AvgIpc) is 2.60. The minimum atomic E-state index is -0.0226. The largest absolute Gasteiger partial charge is 0.484 e. The second-order valence-electron chi connectivity index (χ2n) is 8.18. The molecule has 0 atom stereocenters. The molecule has 5 nitrogen and oxygen atoms in total. The molecule has 0 aromatic heterocycles. The molecule has 0 spiro atoms. The van der Waals surface area contributed by atoms with Gasteiger partial charge in [-0.2, -0.15) is 0 Å². The molecule has 0 unspecified atom stereocenters. The van der Waals surface area contributed by atoms with Gasteiger partial charge in [0.1, 0.15) is 5.75 Å². The standard InChI is InChI=1S/C21H32N2O3/c1-5-6-17-7-9-18(10-8-17)26-16-20(25)23-13-11-22(12-14-23)19(24)15-21(2,3)4/h7-10H,5-6,11-16H2,1-4H3. The van der Waals surface area contributed by atoms with Crippen molar-refractivity contribution in [2.75, 3.05) is 32.8 Å². The van der Waals surface area contributed by atoms with E-state index in [-0.39, 0.29) is 23.8 Å². The van der Waals surface area contributed by atoms with Crippen molar-refractivity contribution >= 4 is 11.8 Å². The lowest BCUT2D eigenvalue weighted by Gasteiger charge is -2.36. The van der Waals surface area contributed by atoms with Crippen molar-refractivity contribution in [3.8, 4) is 5.75 Å². The van der Waals surface area contributed by atoms with Crippen molar-refractivity contribution in [3.05, 3.63) is 29.8 Å². The van der Waals surface area contributed by atoms with Crippen molar-refractivity contribution in [1.82, 2.24) is 9.80 Å². The summed E-state index contributed by atoms with van der Waals surface area (Å²) >= 11 is 0. The highest BCUT2D eigenvalue weighted by atomic mass is 16.5. The first kappa shape index (κ1) is 20.3. The second-order valence-corrected chi connectivity index (χ2v) is 8.18. The van der Waals surface area contributed by atoms with Gasteiger partial charge in [-0.15, -0.1) is 0 Å². The summed E-state index contributed by atoms with van der Waals surface area (Å²) in [5, 5.41) is 0. The van der Waals surface area contributed by atoms with Gasteiger partial charge in [0.2, 0.25) is 5.91 Å². The van der Waals surface area contributed by atoms with E-state index in [0.29, 0.717) is 32.6 Å². The Morgan fingerprint density at radius 1 is 0.962 bits per heavy atom. The zero-order chi connectivity index (χ0) is 19.2. The van der Waals surface area contributed by atoms with Gasteiger partial charge < -0.3 is 14.5 Å². The lowest BCUT2D eigenvalue weighted by molar-refractivity contribution is -0.141. The number of amides is 2. The molecule has 5 heteroatoms. The quantitative estimate of drug-likeness (QED) is 0.783. The number of rotatable bonds is 6. The van der Waals surface area contributed by atoms with E-state index in [9.17, 15) is 9.59 Å². The SMILES string of the molecule is CCCc1ccc(OCC(=O)N2CCN(C(=O)CC(C)(C)C)CC2)cc1. The van der Waals surface area contributed by atoms with Gasteiger partial charge in [-0.1, -0.05) is 46.2 Å². The molecule has 1 fully saturated rings. The zero-order valence-electron chi connectivity index (χ0n) is 16.6. The number of aryl methyl sites for hydroxylation is 1. The fraction of sp³-hybridized carbons (Fsp3) is 0.619. The summed E-state index contributed by atoms with van der Waals surface area (Å²) in [6.45, 7) is 10.8. The van der Waals surface area contributed by atoms with Crippen molar-refractivity contribution in [2.24, 2.45) is 5.41 Å². The molecule has 2 rings (SSSR count). The smallest absolute Gasteiger partial charge is 0.260 e. The van der Waals surface area contributed by atoms with Gasteiger partial charge in [-0.25, -0.2) is 0 Å². The van der Waals surface area contributed by atoms with Crippen LogP contribution in [0.4, 0.5) is 0 Å². The van der Waals surface area contributed by atoms with Crippen LogP contribution in [0.2, 0.25) is 0 Å². The second kappa shape index (κ2) is 9.06. The Kier molecular flexibility index (Phi) is 7.06. The molecule has 26 heavy (non-hydrogen) atoms. The van der Waals surface area contributed by atoms with Crippen molar-refractivity contribution < 1.29 is 14.3 Å². The molecule has 0 N–H and O–H groups in total. The molecule has 2 amide bonds. The number of hydrogen-bond donors (Lipinski definition) is 0. The minimum absolute atomic E-state index is 0.00937. The molecule has 1 aliphatic heterocycles. The van der Waals surface area contributed by atoms with Crippen LogP contribution in [0.3, 0.4) is 0 Å². The molecule has 0 radical (unpaired) electrons. The Labute approximate surface area is 157 Å². The highest BCUT2D eigenvalue weighted by Gasteiger charge is 2.26. The highest BCUT2D eigenvalue weighted by Crippen LogP contribution is 2.20. The van der Waals surface area contributed by atoms with Gasteiger partial charge in [0.05, 0.1) is 0 Å². The summed E-state index contributed by atoms with van der Waals surface area (Å²) in [5.41, 5.74) is 1.27. The third-order valence-electron chi connectivity index (χ3n) is 4.49. The van der Waals surface area contributed by atoms with Gasteiger partial charge in [0, 0.05) is 32.6 Å². The molecule has 144 valence electrons. The maximum atomic E-state index is 12.3. The van der Waals surface area contributed by atoms with Crippen LogP contribution in [0.5, 0.6) is 5.75 Å². The lowest BCUT2D eigenvalue weighted by atomic mass is 9.91. The summed E-state index contributed by atoms with van der Waals surface area (Å²) < 4.78 is 5.62. The third-order valence-corrected chi connectivity index (χ3v) is 4.49. The van der Waals surface area contributed by atoms with E-state index in [1.165, 1.54) is 5.56 Å². The highest BCUT2D eigenvalue weighted by molar-refractivity contribution is 5.79. The van der Waals surface area contributed by atoms with E-state index in [0.717, 1.165) is 18.6 Å². The van der Waals surface area contributed by atoms with E-state index in [2.05, 4.69) is 27.7 Å². The Hall–Kier alpha value is -2.04. The molecule has 1 aliphatic rings. The van der Waals surface area contributed by atoms with Crippen LogP contribution in [0.15, 0.2) is 24.3 Å². The van der Waals surface area contributed by atoms with E-state index < -0.39 is 0 Å². The number of ether oxygens (including phenoxy) is 1. The Bertz CT molecular complexity index is 597. The predicted octanol–water partition coefficient (Wildman–Crippen LogP) is 3.12. The van der Waals surface area contributed by atoms with E-state index in [1.807, 2.05) is 29.2 Å². The summed E-state index contributed by atoms with van der Waals surface area (Å²) in [4.78, 5) is 28.3. The van der Waals surface area contributed by atoms with Gasteiger partial charge in [0.25, 0.3) is 5.91 Å². The van der Waals surface area contributed by atoms with Crippen LogP contribution in [0.1, 0.15) is 46.1 Å². The number of hydrogen-bond acceptors (Lipinski definition) is 3. The van der Waals surface area contributed by atoms with Crippen molar-refractivity contribution in [1.29, 1.82) is 0 Å². The fourth-order valence-electron chi connectivity index (χ4n) is 3.05. The minimum Gasteiger partial charge on any atom is -0.484 e. The van der Waals surface area contributed by atoms with Crippen LogP contribution < -0.4 is 4.74 Å². The van der Waals surface area contributed by atoms with Crippen LogP contribution >= 0.6 is 0 Å². The number of carbonyl (C=O) groups excluding carboxylic acids is 2. The van der Waals surface area contributed by atoms with Crippen LogP contribution in [0, 0.1) is 5.41 Å². The summed E-state index contributed by atoms with van der Waals surface area (Å²) in [5.74, 6) is 0.871. The maximum absolute atomic E-state index is 12.3. The normalized spacial score (nSPS) is 15.1. The molecular formula is C21H32N2O3. The van der Waals surface area contributed by atoms with Crippen molar-refractivity contribution in [2.45, 2.75) is 47.0 Å². The first-order valence-electron chi connectivity index (χ1n) is 9.56. The zero-order valence-corrected chi connectivity index (χ0v) is 16.6. The van der Waals surface area contributed by atoms with Crippen LogP contribution in [-0.4, -0.2) is 54.4 Å². The summed E-state index contributed by atoms with van der Waals surface area (Å²) in [7, 11) is 0. The van der Waals surface area contributed by atoms with Crippen LogP contribution in [0.25, 0.3) is 0 Å². The number of nitrogens with zero attached hydrogens (tertiary/aromatic N) is 2. The Morgan fingerprint density at radius 3 is 2.00 bits per heavy atom.